The van der Waals surface area contributed by atoms with Gasteiger partial charge in [-0.15, -0.1) is 0 Å². The van der Waals surface area contributed by atoms with E-state index in [1.54, 1.807) is 0 Å². The number of guanidine groups is 1. The zero-order chi connectivity index (χ0) is 20.9. The van der Waals surface area contributed by atoms with E-state index in [-0.39, 0.29) is 11.2 Å². The highest BCUT2D eigenvalue weighted by molar-refractivity contribution is 7.90. The van der Waals surface area contributed by atoms with Crippen molar-refractivity contribution in [3.63, 3.8) is 0 Å². The average Bonchev–Trinajstić information content (AvgIpc) is 2.63. The van der Waals surface area contributed by atoms with Crippen LogP contribution in [0, 0.1) is 19.3 Å². The van der Waals surface area contributed by atoms with Crippen LogP contribution in [0.3, 0.4) is 0 Å². The molecule has 6 nitrogen and oxygen atoms in total. The second kappa shape index (κ2) is 9.16. The van der Waals surface area contributed by atoms with Gasteiger partial charge in [0, 0.05) is 51.7 Å². The van der Waals surface area contributed by atoms with Crippen LogP contribution in [0.25, 0.3) is 0 Å². The lowest BCUT2D eigenvalue weighted by Gasteiger charge is -2.39. The monoisotopic (exact) mass is 408 g/mol. The fraction of sp³-hybridized carbons (Fsp3) is 0.667. The van der Waals surface area contributed by atoms with Crippen LogP contribution >= 0.6 is 0 Å². The van der Waals surface area contributed by atoms with Gasteiger partial charge in [0.05, 0.1) is 5.75 Å². The Hall–Kier alpha value is -1.76. The molecule has 2 rings (SSSR count). The predicted octanol–water partition coefficient (Wildman–Crippen LogP) is 2.46. The summed E-state index contributed by atoms with van der Waals surface area (Å²) in [6.45, 7) is 13.0. The van der Waals surface area contributed by atoms with Crippen molar-refractivity contribution < 1.29 is 8.42 Å². The zero-order valence-corrected chi connectivity index (χ0v) is 19.1. The molecule has 0 aromatic heterocycles. The fourth-order valence-electron chi connectivity index (χ4n) is 3.44. The van der Waals surface area contributed by atoms with Gasteiger partial charge in [0.2, 0.25) is 0 Å². The maximum absolute atomic E-state index is 11.5. The SMILES string of the molecule is CN=C(NCC(C)(C)CCS(C)(=O)=O)N1CCN(c2cccc(C)c2C)CC1. The lowest BCUT2D eigenvalue weighted by molar-refractivity contribution is 0.327. The molecular weight excluding hydrogens is 372 g/mol. The van der Waals surface area contributed by atoms with Crippen molar-refractivity contribution in [1.82, 2.24) is 10.2 Å². The van der Waals surface area contributed by atoms with Gasteiger partial charge in [-0.1, -0.05) is 26.0 Å². The molecule has 7 heteroatoms. The Labute approximate surface area is 170 Å². The standard InChI is InChI=1S/C21H36N4O2S/c1-17-8-7-9-19(18(17)2)24-11-13-25(14-12-24)20(22-5)23-16-21(3,4)10-15-28(6,26)27/h7-9H,10-16H2,1-6H3,(H,22,23). The molecule has 1 aromatic carbocycles. The molecule has 1 fully saturated rings. The molecule has 1 saturated heterocycles. The number of sulfone groups is 1. The highest BCUT2D eigenvalue weighted by Gasteiger charge is 2.24. The topological polar surface area (TPSA) is 65.0 Å². The molecule has 1 aliphatic rings. The summed E-state index contributed by atoms with van der Waals surface area (Å²) in [6.07, 6.45) is 1.93. The highest BCUT2D eigenvalue weighted by Crippen LogP contribution is 2.24. The number of aliphatic imine (C=N–C) groups is 1. The normalized spacial score (nSPS) is 16.4. The van der Waals surface area contributed by atoms with Crippen molar-refractivity contribution in [3.8, 4) is 0 Å². The van der Waals surface area contributed by atoms with E-state index < -0.39 is 9.84 Å². The van der Waals surface area contributed by atoms with Gasteiger partial charge in [0.1, 0.15) is 9.84 Å². The number of anilines is 1. The molecule has 158 valence electrons. The van der Waals surface area contributed by atoms with Crippen molar-refractivity contribution in [2.45, 2.75) is 34.1 Å². The number of nitrogens with zero attached hydrogens (tertiary/aromatic N) is 3. The second-order valence-electron chi connectivity index (χ2n) is 8.64. The van der Waals surface area contributed by atoms with Gasteiger partial charge in [0.25, 0.3) is 0 Å². The van der Waals surface area contributed by atoms with E-state index in [2.05, 4.69) is 66.0 Å². The van der Waals surface area contributed by atoms with Gasteiger partial charge >= 0.3 is 0 Å². The van der Waals surface area contributed by atoms with Crippen LogP contribution < -0.4 is 10.2 Å². The smallest absolute Gasteiger partial charge is 0.193 e. The Morgan fingerprint density at radius 3 is 2.39 bits per heavy atom. The molecule has 0 aliphatic carbocycles. The zero-order valence-electron chi connectivity index (χ0n) is 18.2. The van der Waals surface area contributed by atoms with Crippen LogP contribution in [0.15, 0.2) is 23.2 Å². The van der Waals surface area contributed by atoms with Gasteiger partial charge in [-0.2, -0.15) is 0 Å². The van der Waals surface area contributed by atoms with Crippen LogP contribution in [-0.4, -0.2) is 71.1 Å². The first-order valence-corrected chi connectivity index (χ1v) is 12.0. The molecule has 1 aliphatic heterocycles. The van der Waals surface area contributed by atoms with E-state index in [0.29, 0.717) is 13.0 Å². The molecule has 0 amide bonds. The lowest BCUT2D eigenvalue weighted by Crippen LogP contribution is -2.53. The van der Waals surface area contributed by atoms with Crippen molar-refractivity contribution >= 4 is 21.5 Å². The summed E-state index contributed by atoms with van der Waals surface area (Å²) < 4.78 is 22.9. The quantitative estimate of drug-likeness (QED) is 0.579. The Morgan fingerprint density at radius 2 is 1.82 bits per heavy atom. The summed E-state index contributed by atoms with van der Waals surface area (Å²) in [5.74, 6) is 1.11. The minimum atomic E-state index is -2.94. The summed E-state index contributed by atoms with van der Waals surface area (Å²) in [4.78, 5) is 9.18. The van der Waals surface area contributed by atoms with Crippen molar-refractivity contribution in [2.75, 3.05) is 56.7 Å². The number of benzene rings is 1. The minimum Gasteiger partial charge on any atom is -0.368 e. The van der Waals surface area contributed by atoms with E-state index >= 15 is 0 Å². The molecule has 0 unspecified atom stereocenters. The van der Waals surface area contributed by atoms with Crippen molar-refractivity contribution in [3.05, 3.63) is 29.3 Å². The first kappa shape index (κ1) is 22.5. The molecule has 28 heavy (non-hydrogen) atoms. The van der Waals surface area contributed by atoms with Gasteiger partial charge in [0.15, 0.2) is 5.96 Å². The summed E-state index contributed by atoms with van der Waals surface area (Å²) >= 11 is 0. The Kier molecular flexibility index (Phi) is 7.37. The summed E-state index contributed by atoms with van der Waals surface area (Å²) in [5, 5.41) is 3.45. The summed E-state index contributed by atoms with van der Waals surface area (Å²) in [6, 6.07) is 6.49. The Balaban J connectivity index is 1.90. The molecule has 1 heterocycles. The maximum atomic E-state index is 11.5. The average molecular weight is 409 g/mol. The molecule has 0 radical (unpaired) electrons. The Bertz CT molecular complexity index is 795. The molecular formula is C21H36N4O2S. The molecule has 0 spiro atoms. The number of aryl methyl sites for hydroxylation is 1. The van der Waals surface area contributed by atoms with Gasteiger partial charge in [-0.3, -0.25) is 4.99 Å². The number of nitrogens with one attached hydrogen (secondary N) is 1. The largest absolute Gasteiger partial charge is 0.368 e. The number of rotatable bonds is 6. The number of hydrogen-bond donors (Lipinski definition) is 1. The minimum absolute atomic E-state index is 0.112. The maximum Gasteiger partial charge on any atom is 0.193 e. The number of hydrogen-bond acceptors (Lipinski definition) is 4. The Morgan fingerprint density at radius 1 is 1.18 bits per heavy atom. The third kappa shape index (κ3) is 6.40. The molecule has 0 saturated carbocycles. The summed E-state index contributed by atoms with van der Waals surface area (Å²) in [5.41, 5.74) is 3.89. The van der Waals surface area contributed by atoms with Crippen molar-refractivity contribution in [1.29, 1.82) is 0 Å². The van der Waals surface area contributed by atoms with E-state index in [4.69, 9.17) is 0 Å². The van der Waals surface area contributed by atoms with Crippen LogP contribution in [0.5, 0.6) is 0 Å². The molecule has 0 atom stereocenters. The van der Waals surface area contributed by atoms with Crippen molar-refractivity contribution in [2.24, 2.45) is 10.4 Å². The first-order chi connectivity index (χ1) is 13.0. The molecule has 0 bridgehead atoms. The third-order valence-electron chi connectivity index (χ3n) is 5.58. The van der Waals surface area contributed by atoms with Crippen LogP contribution in [0.4, 0.5) is 5.69 Å². The van der Waals surface area contributed by atoms with Crippen LogP contribution in [0.1, 0.15) is 31.4 Å². The number of piperazine rings is 1. The second-order valence-corrected chi connectivity index (χ2v) is 10.9. The van der Waals surface area contributed by atoms with Crippen LogP contribution in [-0.2, 0) is 9.84 Å². The van der Waals surface area contributed by atoms with Gasteiger partial charge < -0.3 is 15.1 Å². The van der Waals surface area contributed by atoms with Crippen LogP contribution in [0.2, 0.25) is 0 Å². The predicted molar refractivity (Wildman–Crippen MR) is 119 cm³/mol. The van der Waals surface area contributed by atoms with E-state index in [1.165, 1.54) is 23.1 Å². The van der Waals surface area contributed by atoms with E-state index in [0.717, 1.165) is 32.1 Å². The lowest BCUT2D eigenvalue weighted by atomic mass is 9.90. The fourth-order valence-corrected chi connectivity index (χ4v) is 4.36. The molecule has 1 N–H and O–H groups in total. The van der Waals surface area contributed by atoms with E-state index in [1.807, 2.05) is 7.05 Å². The highest BCUT2D eigenvalue weighted by atomic mass is 32.2. The first-order valence-electron chi connectivity index (χ1n) is 9.97. The molecule has 1 aromatic rings. The van der Waals surface area contributed by atoms with Gasteiger partial charge in [-0.05, 0) is 42.9 Å². The van der Waals surface area contributed by atoms with E-state index in [9.17, 15) is 8.42 Å². The summed E-state index contributed by atoms with van der Waals surface area (Å²) in [7, 11) is -1.13. The third-order valence-corrected chi connectivity index (χ3v) is 6.53. The van der Waals surface area contributed by atoms with Gasteiger partial charge in [-0.25, -0.2) is 8.42 Å².